The molecule has 2 heterocycles. The Morgan fingerprint density at radius 2 is 1.86 bits per heavy atom. The number of esters is 1. The first kappa shape index (κ1) is 19.8. The third-order valence-electron chi connectivity index (χ3n) is 5.26. The van der Waals surface area contributed by atoms with Gasteiger partial charge in [0, 0.05) is 25.3 Å². The third kappa shape index (κ3) is 4.93. The Morgan fingerprint density at radius 1 is 1.14 bits per heavy atom. The lowest BCUT2D eigenvalue weighted by Gasteiger charge is -2.20. The van der Waals surface area contributed by atoms with Crippen LogP contribution in [-0.2, 0) is 20.8 Å². The van der Waals surface area contributed by atoms with Gasteiger partial charge in [0.25, 0.3) is 0 Å². The first-order valence-corrected chi connectivity index (χ1v) is 9.75. The van der Waals surface area contributed by atoms with Crippen molar-refractivity contribution < 1.29 is 23.4 Å². The Kier molecular flexibility index (Phi) is 6.08. The van der Waals surface area contributed by atoms with E-state index in [1.165, 1.54) is 19.2 Å². The van der Waals surface area contributed by atoms with E-state index in [9.17, 15) is 9.18 Å². The van der Waals surface area contributed by atoms with Crippen molar-refractivity contribution in [3.8, 4) is 0 Å². The van der Waals surface area contributed by atoms with Crippen molar-refractivity contribution in [2.45, 2.75) is 24.8 Å². The van der Waals surface area contributed by atoms with Gasteiger partial charge in [0.15, 0.2) is 0 Å². The van der Waals surface area contributed by atoms with Crippen LogP contribution in [0.3, 0.4) is 0 Å². The molecule has 0 aromatic heterocycles. The molecule has 154 valence electrons. The van der Waals surface area contributed by atoms with E-state index in [1.54, 1.807) is 12.1 Å². The summed E-state index contributed by atoms with van der Waals surface area (Å²) in [5.74, 6) is -0.601. The number of nitrogens with one attached hydrogen (secondary N) is 1. The number of benzene rings is 2. The molecule has 2 aromatic rings. The van der Waals surface area contributed by atoms with Crippen molar-refractivity contribution in [3.63, 3.8) is 0 Å². The molecule has 29 heavy (non-hydrogen) atoms. The van der Waals surface area contributed by atoms with Gasteiger partial charge < -0.3 is 19.5 Å². The summed E-state index contributed by atoms with van der Waals surface area (Å²) in [6.07, 6.45) is -0.00352. The number of hydrogen-bond acceptors (Lipinski definition) is 6. The van der Waals surface area contributed by atoms with Crippen LogP contribution < -0.4 is 5.32 Å². The minimum absolute atomic E-state index is 0.00176. The highest BCUT2D eigenvalue weighted by Crippen LogP contribution is 2.23. The molecule has 6 nitrogen and oxygen atoms in total. The molecule has 1 N–H and O–H groups in total. The number of ether oxygens (including phenoxy) is 3. The first-order valence-electron chi connectivity index (χ1n) is 9.75. The van der Waals surface area contributed by atoms with Crippen LogP contribution in [0.4, 0.5) is 10.1 Å². The number of carbonyl (C=O) groups excluding carboxylic acids is 1. The third-order valence-corrected chi connectivity index (χ3v) is 5.26. The number of fused-ring (bicyclic) bond motifs is 1. The standard InChI is InChI=1S/C22H25FN2O4/c1-27-22(26)16-5-2-4-15(8-16)10-25-11-20-21(12-25)29-14-19(13-28-20)24-18-7-3-6-17(23)9-18/h2-9,19-21,24H,10-14H2,1H3/t20-,21-/m0/s1. The smallest absolute Gasteiger partial charge is 0.337 e. The fourth-order valence-corrected chi connectivity index (χ4v) is 3.87. The maximum Gasteiger partial charge on any atom is 0.337 e. The Morgan fingerprint density at radius 3 is 2.55 bits per heavy atom. The number of rotatable bonds is 5. The molecular weight excluding hydrogens is 375 g/mol. The van der Waals surface area contributed by atoms with E-state index in [2.05, 4.69) is 10.2 Å². The van der Waals surface area contributed by atoms with Crippen LogP contribution in [0.15, 0.2) is 48.5 Å². The molecule has 0 amide bonds. The summed E-state index contributed by atoms with van der Waals surface area (Å²) >= 11 is 0. The van der Waals surface area contributed by atoms with Crippen molar-refractivity contribution in [2.75, 3.05) is 38.7 Å². The normalized spacial score (nSPS) is 22.7. The summed E-state index contributed by atoms with van der Waals surface area (Å²) in [5, 5.41) is 3.28. The second-order valence-corrected chi connectivity index (χ2v) is 7.48. The van der Waals surface area contributed by atoms with Gasteiger partial charge in [-0.15, -0.1) is 0 Å². The highest BCUT2D eigenvalue weighted by Gasteiger charge is 2.37. The van der Waals surface area contributed by atoms with Gasteiger partial charge in [-0.3, -0.25) is 4.90 Å². The van der Waals surface area contributed by atoms with Gasteiger partial charge in [-0.1, -0.05) is 18.2 Å². The molecule has 2 saturated heterocycles. The monoisotopic (exact) mass is 400 g/mol. The van der Waals surface area contributed by atoms with Crippen molar-refractivity contribution >= 4 is 11.7 Å². The van der Waals surface area contributed by atoms with E-state index in [-0.39, 0.29) is 30.0 Å². The Hall–Kier alpha value is -2.48. The molecular formula is C22H25FN2O4. The van der Waals surface area contributed by atoms with Gasteiger partial charge >= 0.3 is 5.97 Å². The van der Waals surface area contributed by atoms with Crippen LogP contribution in [-0.4, -0.2) is 62.5 Å². The predicted molar refractivity (Wildman–Crippen MR) is 106 cm³/mol. The van der Waals surface area contributed by atoms with Crippen LogP contribution in [0.1, 0.15) is 15.9 Å². The molecule has 2 atom stereocenters. The number of nitrogens with zero attached hydrogens (tertiary/aromatic N) is 1. The van der Waals surface area contributed by atoms with Gasteiger partial charge in [-0.05, 0) is 35.9 Å². The number of halogens is 1. The summed E-state index contributed by atoms with van der Waals surface area (Å²) in [5.41, 5.74) is 2.33. The number of methoxy groups -OCH3 is 1. The van der Waals surface area contributed by atoms with E-state index in [4.69, 9.17) is 14.2 Å². The van der Waals surface area contributed by atoms with Gasteiger partial charge in [0.05, 0.1) is 44.1 Å². The fourth-order valence-electron chi connectivity index (χ4n) is 3.87. The Balaban J connectivity index is 1.31. The lowest BCUT2D eigenvalue weighted by Crippen LogP contribution is -2.31. The summed E-state index contributed by atoms with van der Waals surface area (Å²) < 4.78 is 30.3. The zero-order valence-corrected chi connectivity index (χ0v) is 16.3. The highest BCUT2D eigenvalue weighted by atomic mass is 19.1. The molecule has 0 saturated carbocycles. The van der Waals surface area contributed by atoms with Crippen LogP contribution in [0.25, 0.3) is 0 Å². The largest absolute Gasteiger partial charge is 0.465 e. The SMILES string of the molecule is COC(=O)c1cccc(CN2C[C@@H]3OCC(Nc4cccc(F)c4)CO[C@H]3C2)c1. The maximum atomic E-state index is 13.4. The number of anilines is 1. The van der Waals surface area contributed by atoms with Crippen LogP contribution in [0.5, 0.6) is 0 Å². The fraction of sp³-hybridized carbons (Fsp3) is 0.409. The van der Waals surface area contributed by atoms with Crippen LogP contribution >= 0.6 is 0 Å². The Labute approximate surface area is 169 Å². The molecule has 0 unspecified atom stereocenters. The van der Waals surface area contributed by atoms with Gasteiger partial charge in [0.2, 0.25) is 0 Å². The molecule has 0 bridgehead atoms. The van der Waals surface area contributed by atoms with E-state index in [1.807, 2.05) is 24.3 Å². The van der Waals surface area contributed by atoms with Gasteiger partial charge in [-0.25, -0.2) is 9.18 Å². The summed E-state index contributed by atoms with van der Waals surface area (Å²) in [6, 6.07) is 13.9. The second-order valence-electron chi connectivity index (χ2n) is 7.48. The molecule has 4 rings (SSSR count). The molecule has 0 aliphatic carbocycles. The molecule has 2 aromatic carbocycles. The topological polar surface area (TPSA) is 60.0 Å². The average Bonchev–Trinajstić information content (AvgIpc) is 3.01. The number of likely N-dealkylation sites (tertiary alicyclic amines) is 1. The summed E-state index contributed by atoms with van der Waals surface area (Å²) in [6.45, 7) is 3.25. The second kappa shape index (κ2) is 8.90. The van der Waals surface area contributed by atoms with E-state index >= 15 is 0 Å². The van der Waals surface area contributed by atoms with Crippen molar-refractivity contribution in [2.24, 2.45) is 0 Å². The van der Waals surface area contributed by atoms with E-state index in [0.717, 1.165) is 30.9 Å². The zero-order valence-electron chi connectivity index (χ0n) is 16.3. The lowest BCUT2D eigenvalue weighted by atomic mass is 10.1. The average molecular weight is 400 g/mol. The number of carbonyl (C=O) groups is 1. The van der Waals surface area contributed by atoms with Gasteiger partial charge in [-0.2, -0.15) is 0 Å². The molecule has 2 aliphatic heterocycles. The lowest BCUT2D eigenvalue weighted by molar-refractivity contribution is -0.00461. The summed E-state index contributed by atoms with van der Waals surface area (Å²) in [7, 11) is 1.38. The van der Waals surface area contributed by atoms with Crippen molar-refractivity contribution in [1.82, 2.24) is 4.90 Å². The molecule has 7 heteroatoms. The quantitative estimate of drug-likeness (QED) is 0.779. The van der Waals surface area contributed by atoms with E-state index in [0.29, 0.717) is 18.8 Å². The van der Waals surface area contributed by atoms with Crippen molar-refractivity contribution in [1.29, 1.82) is 0 Å². The van der Waals surface area contributed by atoms with Crippen molar-refractivity contribution in [3.05, 3.63) is 65.5 Å². The summed E-state index contributed by atoms with van der Waals surface area (Å²) in [4.78, 5) is 14.0. The zero-order chi connectivity index (χ0) is 20.2. The predicted octanol–water partition coefficient (Wildman–Crippen LogP) is 2.69. The minimum Gasteiger partial charge on any atom is -0.465 e. The van der Waals surface area contributed by atoms with E-state index < -0.39 is 0 Å². The number of hydrogen-bond donors (Lipinski definition) is 1. The van der Waals surface area contributed by atoms with Gasteiger partial charge in [0.1, 0.15) is 5.82 Å². The highest BCUT2D eigenvalue weighted by molar-refractivity contribution is 5.89. The minimum atomic E-state index is -0.332. The van der Waals surface area contributed by atoms with Crippen LogP contribution in [0, 0.1) is 5.82 Å². The Bertz CT molecular complexity index is 846. The van der Waals surface area contributed by atoms with Crippen LogP contribution in [0.2, 0.25) is 0 Å². The molecule has 2 fully saturated rings. The molecule has 2 aliphatic rings. The molecule has 0 spiro atoms. The maximum absolute atomic E-state index is 13.4. The molecule has 0 radical (unpaired) electrons. The first-order chi connectivity index (χ1) is 14.1.